The van der Waals surface area contributed by atoms with E-state index in [2.05, 4.69) is 4.98 Å². The molecule has 22 heavy (non-hydrogen) atoms. The summed E-state index contributed by atoms with van der Waals surface area (Å²) < 4.78 is 1.13. The Balaban J connectivity index is 1.83. The van der Waals surface area contributed by atoms with Crippen LogP contribution in [0.15, 0.2) is 42.6 Å². The van der Waals surface area contributed by atoms with Gasteiger partial charge in [-0.1, -0.05) is 30.3 Å². The molecule has 110 valence electrons. The number of benzene rings is 1. The van der Waals surface area contributed by atoms with Crippen molar-refractivity contribution in [3.8, 4) is 11.3 Å². The number of aromatic nitrogens is 2. The van der Waals surface area contributed by atoms with Gasteiger partial charge >= 0.3 is 0 Å². The minimum absolute atomic E-state index is 0.124. The summed E-state index contributed by atoms with van der Waals surface area (Å²) in [5.74, 6) is 0. The van der Waals surface area contributed by atoms with Crippen molar-refractivity contribution in [3.05, 3.63) is 47.6 Å². The molecule has 2 aromatic heterocycles. The maximum Gasteiger partial charge on any atom is 0.210 e. The van der Waals surface area contributed by atoms with Crippen LogP contribution in [0.5, 0.6) is 0 Å². The zero-order chi connectivity index (χ0) is 14.9. The highest BCUT2D eigenvalue weighted by Gasteiger charge is 2.28. The highest BCUT2D eigenvalue weighted by molar-refractivity contribution is 7.18. The van der Waals surface area contributed by atoms with E-state index in [0.29, 0.717) is 0 Å². The molecule has 1 fully saturated rings. The Morgan fingerprint density at radius 2 is 2.09 bits per heavy atom. The van der Waals surface area contributed by atoms with E-state index in [0.717, 1.165) is 52.3 Å². The molecule has 1 aliphatic heterocycles. The van der Waals surface area contributed by atoms with Gasteiger partial charge in [0.05, 0.1) is 16.4 Å². The largest absolute Gasteiger partial charge is 0.336 e. The van der Waals surface area contributed by atoms with Gasteiger partial charge in [-0.15, -0.1) is 11.3 Å². The number of nitrogens with zero attached hydrogens (tertiary/aromatic N) is 3. The first-order chi connectivity index (χ1) is 10.9. The molecular weight excluding hydrogens is 294 g/mol. The Morgan fingerprint density at radius 3 is 2.91 bits per heavy atom. The van der Waals surface area contributed by atoms with Crippen LogP contribution in [0, 0.1) is 0 Å². The van der Waals surface area contributed by atoms with E-state index in [-0.39, 0.29) is 6.04 Å². The smallest absolute Gasteiger partial charge is 0.210 e. The number of hydrogen-bond donors (Lipinski definition) is 0. The molecule has 1 aromatic carbocycles. The second-order valence-electron chi connectivity index (χ2n) is 5.43. The van der Waals surface area contributed by atoms with E-state index in [9.17, 15) is 4.79 Å². The fourth-order valence-electron chi connectivity index (χ4n) is 3.00. The average molecular weight is 309 g/mol. The van der Waals surface area contributed by atoms with E-state index >= 15 is 0 Å². The van der Waals surface area contributed by atoms with Gasteiger partial charge in [-0.05, 0) is 18.9 Å². The SMILES string of the molecule is O=CN1CCCC1c1nc2c(-c3ccccc3)nccc2s1. The molecule has 4 nitrogen and oxygen atoms in total. The normalized spacial score (nSPS) is 18.0. The molecule has 5 heteroatoms. The Labute approximate surface area is 132 Å². The first-order valence-electron chi connectivity index (χ1n) is 7.39. The highest BCUT2D eigenvalue weighted by Crippen LogP contribution is 2.37. The molecule has 0 saturated carbocycles. The minimum Gasteiger partial charge on any atom is -0.336 e. The van der Waals surface area contributed by atoms with Crippen molar-refractivity contribution in [2.75, 3.05) is 6.54 Å². The molecule has 0 spiro atoms. The van der Waals surface area contributed by atoms with Gasteiger partial charge in [0.15, 0.2) is 0 Å². The summed E-state index contributed by atoms with van der Waals surface area (Å²) >= 11 is 1.67. The van der Waals surface area contributed by atoms with Crippen LogP contribution in [0.25, 0.3) is 21.5 Å². The van der Waals surface area contributed by atoms with Crippen molar-refractivity contribution in [1.82, 2.24) is 14.9 Å². The predicted octanol–water partition coefficient (Wildman–Crippen LogP) is 3.65. The topological polar surface area (TPSA) is 46.1 Å². The van der Waals surface area contributed by atoms with Crippen molar-refractivity contribution < 1.29 is 4.79 Å². The number of carbonyl (C=O) groups excluding carboxylic acids is 1. The summed E-state index contributed by atoms with van der Waals surface area (Å²) in [7, 11) is 0. The standard InChI is InChI=1S/C17H15N3OS/c21-11-20-10-4-7-13(20)17-19-16-14(22-17)8-9-18-15(16)12-5-2-1-3-6-12/h1-3,5-6,8-9,11,13H,4,7,10H2. The Kier molecular flexibility index (Phi) is 3.35. The molecule has 0 aliphatic carbocycles. The number of amides is 1. The third-order valence-electron chi connectivity index (χ3n) is 4.09. The first kappa shape index (κ1) is 13.4. The summed E-state index contributed by atoms with van der Waals surface area (Å²) in [6.07, 6.45) is 4.81. The lowest BCUT2D eigenvalue weighted by atomic mass is 10.1. The molecule has 1 atom stereocenters. The molecule has 3 aromatic rings. The molecule has 1 saturated heterocycles. The maximum absolute atomic E-state index is 11.2. The monoisotopic (exact) mass is 309 g/mol. The van der Waals surface area contributed by atoms with Crippen LogP contribution in [0.3, 0.4) is 0 Å². The van der Waals surface area contributed by atoms with E-state index in [4.69, 9.17) is 4.98 Å². The molecule has 1 amide bonds. The number of hydrogen-bond acceptors (Lipinski definition) is 4. The fourth-order valence-corrected chi connectivity index (χ4v) is 4.12. The van der Waals surface area contributed by atoms with Crippen LogP contribution in [-0.2, 0) is 4.79 Å². The van der Waals surface area contributed by atoms with Crippen LogP contribution in [-0.4, -0.2) is 27.8 Å². The van der Waals surface area contributed by atoms with Gasteiger partial charge in [-0.25, -0.2) is 4.98 Å². The number of pyridine rings is 1. The third-order valence-corrected chi connectivity index (χ3v) is 5.21. The van der Waals surface area contributed by atoms with Gasteiger partial charge < -0.3 is 4.90 Å². The van der Waals surface area contributed by atoms with Gasteiger partial charge in [-0.3, -0.25) is 9.78 Å². The zero-order valence-electron chi connectivity index (χ0n) is 12.0. The lowest BCUT2D eigenvalue weighted by molar-refractivity contribution is -0.118. The van der Waals surface area contributed by atoms with Gasteiger partial charge in [0.25, 0.3) is 0 Å². The van der Waals surface area contributed by atoms with E-state index in [1.165, 1.54) is 0 Å². The Hall–Kier alpha value is -2.27. The number of likely N-dealkylation sites (tertiary alicyclic amines) is 1. The predicted molar refractivity (Wildman–Crippen MR) is 87.6 cm³/mol. The van der Waals surface area contributed by atoms with Crippen LogP contribution < -0.4 is 0 Å². The molecular formula is C17H15N3OS. The summed E-state index contributed by atoms with van der Waals surface area (Å²) in [6.45, 7) is 0.827. The second kappa shape index (κ2) is 5.50. The summed E-state index contributed by atoms with van der Waals surface area (Å²) in [5, 5.41) is 1.02. The minimum atomic E-state index is 0.124. The van der Waals surface area contributed by atoms with Crippen LogP contribution >= 0.6 is 11.3 Å². The third kappa shape index (κ3) is 2.18. The molecule has 0 bridgehead atoms. The number of thiazole rings is 1. The molecule has 1 unspecified atom stereocenters. The first-order valence-corrected chi connectivity index (χ1v) is 8.20. The Bertz CT molecular complexity index is 815. The van der Waals surface area contributed by atoms with Crippen LogP contribution in [0.1, 0.15) is 23.9 Å². The van der Waals surface area contributed by atoms with Crippen molar-refractivity contribution >= 4 is 28.0 Å². The number of carbonyl (C=O) groups is 1. The summed E-state index contributed by atoms with van der Waals surface area (Å²) in [6, 6.07) is 12.2. The molecule has 3 heterocycles. The average Bonchev–Trinajstić information content (AvgIpc) is 3.21. The van der Waals surface area contributed by atoms with Gasteiger partial charge in [-0.2, -0.15) is 0 Å². The molecule has 0 N–H and O–H groups in total. The van der Waals surface area contributed by atoms with E-state index in [1.807, 2.05) is 47.5 Å². The second-order valence-corrected chi connectivity index (χ2v) is 6.49. The van der Waals surface area contributed by atoms with Gasteiger partial charge in [0.2, 0.25) is 6.41 Å². The van der Waals surface area contributed by atoms with Crippen LogP contribution in [0.4, 0.5) is 0 Å². The number of fused-ring (bicyclic) bond motifs is 1. The lowest BCUT2D eigenvalue weighted by Crippen LogP contribution is -2.20. The fraction of sp³-hybridized carbons (Fsp3) is 0.235. The zero-order valence-corrected chi connectivity index (χ0v) is 12.8. The van der Waals surface area contributed by atoms with Gasteiger partial charge in [0.1, 0.15) is 10.5 Å². The molecule has 1 aliphatic rings. The van der Waals surface area contributed by atoms with Gasteiger partial charge in [0, 0.05) is 18.3 Å². The summed E-state index contributed by atoms with van der Waals surface area (Å²) in [4.78, 5) is 22.4. The maximum atomic E-state index is 11.2. The quantitative estimate of drug-likeness (QED) is 0.694. The molecule has 0 radical (unpaired) electrons. The van der Waals surface area contributed by atoms with Crippen LogP contribution in [0.2, 0.25) is 0 Å². The number of rotatable bonds is 3. The Morgan fingerprint density at radius 1 is 1.23 bits per heavy atom. The highest BCUT2D eigenvalue weighted by atomic mass is 32.1. The van der Waals surface area contributed by atoms with Crippen molar-refractivity contribution in [3.63, 3.8) is 0 Å². The van der Waals surface area contributed by atoms with Crippen molar-refractivity contribution in [2.45, 2.75) is 18.9 Å². The lowest BCUT2D eigenvalue weighted by Gasteiger charge is -2.16. The van der Waals surface area contributed by atoms with Crippen molar-refractivity contribution in [2.24, 2.45) is 0 Å². The van der Waals surface area contributed by atoms with Crippen molar-refractivity contribution in [1.29, 1.82) is 0 Å². The van der Waals surface area contributed by atoms with E-state index in [1.54, 1.807) is 11.3 Å². The summed E-state index contributed by atoms with van der Waals surface area (Å²) in [5.41, 5.74) is 2.92. The molecule has 4 rings (SSSR count). The van der Waals surface area contributed by atoms with E-state index < -0.39 is 0 Å².